The van der Waals surface area contributed by atoms with Crippen LogP contribution in [0.4, 0.5) is 5.69 Å². The zero-order valence-electron chi connectivity index (χ0n) is 10.2. The van der Waals surface area contributed by atoms with Crippen LogP contribution >= 0.6 is 11.6 Å². The molecular formula is C12H13ClN2O4. The van der Waals surface area contributed by atoms with Gasteiger partial charge in [-0.1, -0.05) is 11.6 Å². The standard InChI is InChI=1S/C12H13ClN2O4/c13-11-3-2-9(15(17)18)8-10(11)12(16)14-4-1-6-19-7-5-14/h2-3,8H,1,4-7H2. The quantitative estimate of drug-likeness (QED) is 0.616. The van der Waals surface area contributed by atoms with Gasteiger partial charge in [-0.2, -0.15) is 0 Å². The number of rotatable bonds is 2. The predicted octanol–water partition coefficient (Wildman–Crippen LogP) is 2.11. The van der Waals surface area contributed by atoms with Crippen LogP contribution in [0.3, 0.4) is 0 Å². The number of nitro benzene ring substituents is 1. The minimum Gasteiger partial charge on any atom is -0.380 e. The largest absolute Gasteiger partial charge is 0.380 e. The van der Waals surface area contributed by atoms with E-state index >= 15 is 0 Å². The van der Waals surface area contributed by atoms with Crippen molar-refractivity contribution in [1.82, 2.24) is 4.90 Å². The predicted molar refractivity (Wildman–Crippen MR) is 69.4 cm³/mol. The van der Waals surface area contributed by atoms with Gasteiger partial charge in [0.25, 0.3) is 11.6 Å². The maximum Gasteiger partial charge on any atom is 0.270 e. The van der Waals surface area contributed by atoms with Crippen LogP contribution in [-0.2, 0) is 4.74 Å². The van der Waals surface area contributed by atoms with Crippen LogP contribution in [0.15, 0.2) is 18.2 Å². The summed E-state index contributed by atoms with van der Waals surface area (Å²) in [7, 11) is 0. The van der Waals surface area contributed by atoms with E-state index in [1.165, 1.54) is 18.2 Å². The topological polar surface area (TPSA) is 72.7 Å². The number of benzene rings is 1. The molecule has 1 fully saturated rings. The minimum absolute atomic E-state index is 0.140. The number of hydrogen-bond donors (Lipinski definition) is 0. The first kappa shape index (κ1) is 13.8. The van der Waals surface area contributed by atoms with Crippen LogP contribution in [-0.4, -0.2) is 42.0 Å². The van der Waals surface area contributed by atoms with Crippen LogP contribution < -0.4 is 0 Å². The number of carbonyl (C=O) groups excluding carboxylic acids is 1. The highest BCUT2D eigenvalue weighted by molar-refractivity contribution is 6.33. The summed E-state index contributed by atoms with van der Waals surface area (Å²) in [6.45, 7) is 2.13. The SMILES string of the molecule is O=C(c1cc([N+](=O)[O-])ccc1Cl)N1CCCOCC1. The lowest BCUT2D eigenvalue weighted by molar-refractivity contribution is -0.384. The van der Waals surface area contributed by atoms with Crippen LogP contribution in [0, 0.1) is 10.1 Å². The first-order chi connectivity index (χ1) is 9.09. The zero-order valence-corrected chi connectivity index (χ0v) is 10.9. The van der Waals surface area contributed by atoms with Gasteiger partial charge in [-0.25, -0.2) is 0 Å². The summed E-state index contributed by atoms with van der Waals surface area (Å²) < 4.78 is 5.27. The fraction of sp³-hybridized carbons (Fsp3) is 0.417. The average Bonchev–Trinajstić information content (AvgIpc) is 2.67. The number of carbonyl (C=O) groups is 1. The number of non-ortho nitro benzene ring substituents is 1. The first-order valence-electron chi connectivity index (χ1n) is 5.90. The Bertz CT molecular complexity index is 499. The van der Waals surface area contributed by atoms with E-state index < -0.39 is 4.92 Å². The molecule has 7 heteroatoms. The van der Waals surface area contributed by atoms with Crippen molar-refractivity contribution < 1.29 is 14.5 Å². The third kappa shape index (κ3) is 3.21. The Kier molecular flexibility index (Phi) is 4.34. The number of hydrogen-bond acceptors (Lipinski definition) is 4. The summed E-state index contributed by atoms with van der Waals surface area (Å²) in [5.74, 6) is -0.292. The van der Waals surface area contributed by atoms with Crippen molar-refractivity contribution in [3.05, 3.63) is 38.9 Å². The molecule has 0 N–H and O–H groups in total. The Morgan fingerprint density at radius 2 is 2.16 bits per heavy atom. The van der Waals surface area contributed by atoms with Crippen molar-refractivity contribution in [3.8, 4) is 0 Å². The second-order valence-corrected chi connectivity index (χ2v) is 4.59. The van der Waals surface area contributed by atoms with Crippen LogP contribution in [0.25, 0.3) is 0 Å². The second-order valence-electron chi connectivity index (χ2n) is 4.18. The van der Waals surface area contributed by atoms with E-state index in [0.29, 0.717) is 26.3 Å². The highest BCUT2D eigenvalue weighted by Crippen LogP contribution is 2.23. The molecule has 6 nitrogen and oxygen atoms in total. The summed E-state index contributed by atoms with van der Waals surface area (Å²) in [4.78, 5) is 24.1. The Morgan fingerprint density at radius 1 is 1.37 bits per heavy atom. The Morgan fingerprint density at radius 3 is 2.89 bits per heavy atom. The van der Waals surface area contributed by atoms with Gasteiger partial charge in [-0.05, 0) is 12.5 Å². The maximum atomic E-state index is 12.3. The number of nitrogens with zero attached hydrogens (tertiary/aromatic N) is 2. The van der Waals surface area contributed by atoms with Gasteiger partial charge in [0.1, 0.15) is 0 Å². The molecule has 0 aromatic heterocycles. The molecule has 102 valence electrons. The third-order valence-electron chi connectivity index (χ3n) is 2.90. The van der Waals surface area contributed by atoms with E-state index in [-0.39, 0.29) is 22.2 Å². The van der Waals surface area contributed by atoms with Crippen molar-refractivity contribution in [2.75, 3.05) is 26.3 Å². The van der Waals surface area contributed by atoms with Crippen LogP contribution in [0.5, 0.6) is 0 Å². The average molecular weight is 285 g/mol. The smallest absolute Gasteiger partial charge is 0.270 e. The minimum atomic E-state index is -0.543. The molecule has 0 radical (unpaired) electrons. The molecule has 19 heavy (non-hydrogen) atoms. The Balaban J connectivity index is 2.26. The summed E-state index contributed by atoms with van der Waals surface area (Å²) in [6, 6.07) is 3.88. The molecule has 1 aliphatic heterocycles. The third-order valence-corrected chi connectivity index (χ3v) is 3.23. The molecular weight excluding hydrogens is 272 g/mol. The van der Waals surface area contributed by atoms with Gasteiger partial charge in [-0.15, -0.1) is 0 Å². The van der Waals surface area contributed by atoms with E-state index in [2.05, 4.69) is 0 Å². The highest BCUT2D eigenvalue weighted by Gasteiger charge is 2.22. The monoisotopic (exact) mass is 284 g/mol. The Labute approximate surface area is 115 Å². The van der Waals surface area contributed by atoms with Crippen molar-refractivity contribution in [1.29, 1.82) is 0 Å². The summed E-state index contributed by atoms with van der Waals surface area (Å²) in [6.07, 6.45) is 0.748. The second kappa shape index (κ2) is 5.99. The highest BCUT2D eigenvalue weighted by atomic mass is 35.5. The summed E-state index contributed by atoms with van der Waals surface area (Å²) >= 11 is 5.95. The molecule has 1 amide bonds. The molecule has 2 rings (SSSR count). The van der Waals surface area contributed by atoms with Gasteiger partial charge in [-0.3, -0.25) is 14.9 Å². The van der Waals surface area contributed by atoms with Crippen molar-refractivity contribution in [2.45, 2.75) is 6.42 Å². The molecule has 0 unspecified atom stereocenters. The lowest BCUT2D eigenvalue weighted by Gasteiger charge is -2.20. The molecule has 1 aromatic carbocycles. The number of nitro groups is 1. The van der Waals surface area contributed by atoms with Crippen LogP contribution in [0.2, 0.25) is 5.02 Å². The summed E-state index contributed by atoms with van der Waals surface area (Å²) in [5.41, 5.74) is 0.0246. The fourth-order valence-corrected chi connectivity index (χ4v) is 2.11. The molecule has 1 saturated heterocycles. The molecule has 1 heterocycles. The van der Waals surface area contributed by atoms with Crippen molar-refractivity contribution in [2.24, 2.45) is 0 Å². The lowest BCUT2D eigenvalue weighted by Crippen LogP contribution is -2.33. The molecule has 0 saturated carbocycles. The van der Waals surface area contributed by atoms with E-state index in [0.717, 1.165) is 6.42 Å². The van der Waals surface area contributed by atoms with Crippen LogP contribution in [0.1, 0.15) is 16.8 Å². The fourth-order valence-electron chi connectivity index (χ4n) is 1.91. The Hall–Kier alpha value is -1.66. The normalized spacial score (nSPS) is 15.9. The van der Waals surface area contributed by atoms with Gasteiger partial charge >= 0.3 is 0 Å². The van der Waals surface area contributed by atoms with Gasteiger partial charge < -0.3 is 9.64 Å². The van der Waals surface area contributed by atoms with Gasteiger partial charge in [0, 0.05) is 31.8 Å². The zero-order chi connectivity index (χ0) is 13.8. The molecule has 1 aliphatic rings. The van der Waals surface area contributed by atoms with Crippen molar-refractivity contribution in [3.63, 3.8) is 0 Å². The first-order valence-corrected chi connectivity index (χ1v) is 6.28. The molecule has 0 spiro atoms. The number of amides is 1. The number of ether oxygens (including phenoxy) is 1. The van der Waals surface area contributed by atoms with Gasteiger partial charge in [0.2, 0.25) is 0 Å². The van der Waals surface area contributed by atoms with E-state index in [4.69, 9.17) is 16.3 Å². The van der Waals surface area contributed by atoms with E-state index in [9.17, 15) is 14.9 Å². The van der Waals surface area contributed by atoms with E-state index in [1.807, 2.05) is 0 Å². The molecule has 0 aliphatic carbocycles. The molecule has 1 aromatic rings. The van der Waals surface area contributed by atoms with Crippen molar-refractivity contribution >= 4 is 23.2 Å². The lowest BCUT2D eigenvalue weighted by atomic mass is 10.1. The van der Waals surface area contributed by atoms with Gasteiger partial charge in [0.15, 0.2) is 0 Å². The molecule has 0 bridgehead atoms. The van der Waals surface area contributed by atoms with E-state index in [1.54, 1.807) is 4.90 Å². The molecule has 0 atom stereocenters. The number of halogens is 1. The summed E-state index contributed by atoms with van der Waals surface area (Å²) in [5, 5.41) is 11.0. The maximum absolute atomic E-state index is 12.3. The van der Waals surface area contributed by atoms with Gasteiger partial charge in [0.05, 0.1) is 22.1 Å².